The molecule has 0 aliphatic rings. The summed E-state index contributed by atoms with van der Waals surface area (Å²) in [5.74, 6) is 0. The Hall–Kier alpha value is -0.0200. The molecule has 0 saturated heterocycles. The van der Waals surface area contributed by atoms with Crippen LogP contribution in [0.15, 0.2) is 0 Å². The molecule has 4 nitrogen and oxygen atoms in total. The third-order valence-corrected chi connectivity index (χ3v) is 0.566. The third-order valence-electron chi connectivity index (χ3n) is 0.566. The molecule has 0 saturated carbocycles. The van der Waals surface area contributed by atoms with E-state index in [0.717, 1.165) is 12.8 Å². The number of hydrogen-bond donors (Lipinski definition) is 3. The van der Waals surface area contributed by atoms with Gasteiger partial charge >= 0.3 is 8.69 Å². The Labute approximate surface area is 55.4 Å². The van der Waals surface area contributed by atoms with Gasteiger partial charge < -0.3 is 15.1 Å². The second-order valence-electron chi connectivity index (χ2n) is 1.24. The summed E-state index contributed by atoms with van der Waals surface area (Å²) in [6.45, 7) is 0.390. The van der Waals surface area contributed by atoms with Gasteiger partial charge in [0.2, 0.25) is 0 Å². The minimum absolute atomic E-state index is 0.195. The first-order chi connectivity index (χ1) is 4.33. The van der Waals surface area contributed by atoms with Gasteiger partial charge in [-0.1, -0.05) is 0 Å². The van der Waals surface area contributed by atoms with Crippen molar-refractivity contribution in [2.75, 3.05) is 13.2 Å². The normalized spacial score (nSPS) is 8.33. The van der Waals surface area contributed by atoms with Gasteiger partial charge in [0.1, 0.15) is 0 Å². The molecule has 0 fully saturated rings. The van der Waals surface area contributed by atoms with Crippen molar-refractivity contribution < 1.29 is 19.7 Å². The van der Waals surface area contributed by atoms with Crippen LogP contribution in [0.4, 0.5) is 0 Å². The van der Waals surface area contributed by atoms with Crippen molar-refractivity contribution in [2.45, 2.75) is 12.8 Å². The van der Waals surface area contributed by atoms with E-state index in [0.29, 0.717) is 0 Å². The van der Waals surface area contributed by atoms with Gasteiger partial charge in [-0.15, -0.1) is 0 Å². The van der Waals surface area contributed by atoms with Gasteiger partial charge in [-0.05, 0) is 12.8 Å². The maximum Gasteiger partial charge on any atom is 0.324 e. The van der Waals surface area contributed by atoms with E-state index >= 15 is 0 Å². The molecule has 0 radical (unpaired) electrons. The molecule has 0 atom stereocenters. The first-order valence-electron chi connectivity index (χ1n) is 2.52. The van der Waals surface area contributed by atoms with Crippen molar-refractivity contribution in [1.29, 1.82) is 0 Å². The zero-order valence-corrected chi connectivity index (χ0v) is 5.92. The van der Waals surface area contributed by atoms with E-state index in [1.807, 2.05) is 0 Å². The lowest BCUT2D eigenvalue weighted by molar-refractivity contribution is 0.242. The predicted molar refractivity (Wildman–Crippen MR) is 33.2 cm³/mol. The molecule has 0 unspecified atom stereocenters. The topological polar surface area (TPSA) is 77.8 Å². The third kappa shape index (κ3) is 32.1. The summed E-state index contributed by atoms with van der Waals surface area (Å²) in [5.41, 5.74) is 0. The van der Waals surface area contributed by atoms with Gasteiger partial charge in [-0.25, -0.2) is 4.57 Å². The summed E-state index contributed by atoms with van der Waals surface area (Å²) in [6.07, 6.45) is 1.44. The molecule has 0 aromatic heterocycles. The second kappa shape index (κ2) is 15.7. The smallest absolute Gasteiger partial charge is 0.324 e. The van der Waals surface area contributed by atoms with Crippen LogP contribution in [-0.2, 0) is 4.57 Å². The standard InChI is InChI=1S/C4H10O2.HO2P/c5-3-1-2-4-6;1-3-2/h5-6H,1-4H2;(H,1,2). The van der Waals surface area contributed by atoms with E-state index in [1.54, 1.807) is 0 Å². The van der Waals surface area contributed by atoms with Crippen molar-refractivity contribution in [3.63, 3.8) is 0 Å². The molecule has 56 valence electrons. The van der Waals surface area contributed by atoms with Crippen molar-refractivity contribution >= 4 is 8.69 Å². The first-order valence-corrected chi connectivity index (χ1v) is 3.28. The number of aliphatic hydroxyl groups excluding tert-OH is 2. The maximum absolute atomic E-state index is 8.46. The molecule has 0 heterocycles. The molecular weight excluding hydrogens is 143 g/mol. The summed E-state index contributed by atoms with van der Waals surface area (Å²) in [5, 5.41) is 16.2. The van der Waals surface area contributed by atoms with Crippen LogP contribution in [0, 0.1) is 0 Å². The van der Waals surface area contributed by atoms with Crippen LogP contribution in [0.25, 0.3) is 0 Å². The minimum Gasteiger partial charge on any atom is -0.396 e. The number of rotatable bonds is 3. The monoisotopic (exact) mass is 154 g/mol. The van der Waals surface area contributed by atoms with E-state index in [-0.39, 0.29) is 13.2 Å². The lowest BCUT2D eigenvalue weighted by Crippen LogP contribution is -1.85. The van der Waals surface area contributed by atoms with Gasteiger partial charge in [0.05, 0.1) is 0 Å². The molecule has 0 aromatic carbocycles. The van der Waals surface area contributed by atoms with Gasteiger partial charge in [-0.2, -0.15) is 0 Å². The van der Waals surface area contributed by atoms with Crippen LogP contribution in [0.2, 0.25) is 0 Å². The summed E-state index contributed by atoms with van der Waals surface area (Å²) >= 11 is 0. The van der Waals surface area contributed by atoms with E-state index < -0.39 is 8.69 Å². The fraction of sp³-hybridized carbons (Fsp3) is 1.00. The van der Waals surface area contributed by atoms with Crippen molar-refractivity contribution in [2.24, 2.45) is 0 Å². The zero-order valence-electron chi connectivity index (χ0n) is 5.03. The molecule has 0 aliphatic heterocycles. The molecule has 9 heavy (non-hydrogen) atoms. The Balaban J connectivity index is 0. The van der Waals surface area contributed by atoms with Crippen LogP contribution < -0.4 is 0 Å². The Morgan fingerprint density at radius 2 is 1.33 bits per heavy atom. The van der Waals surface area contributed by atoms with E-state index in [4.69, 9.17) is 19.7 Å². The zero-order chi connectivity index (χ0) is 7.54. The molecule has 0 amide bonds. The highest BCUT2D eigenvalue weighted by atomic mass is 31.1. The fourth-order valence-electron chi connectivity index (χ4n) is 0.224. The Bertz CT molecular complexity index is 45.8. The Morgan fingerprint density at radius 1 is 1.11 bits per heavy atom. The van der Waals surface area contributed by atoms with Gasteiger partial charge in [-0.3, -0.25) is 0 Å². The minimum atomic E-state index is -0.833. The Kier molecular flexibility index (Phi) is 20.4. The molecule has 0 aliphatic carbocycles. The lowest BCUT2D eigenvalue weighted by atomic mass is 10.3. The quantitative estimate of drug-likeness (QED) is 0.393. The lowest BCUT2D eigenvalue weighted by Gasteiger charge is -1.85. The Morgan fingerprint density at radius 3 is 1.44 bits per heavy atom. The van der Waals surface area contributed by atoms with Crippen LogP contribution in [-0.4, -0.2) is 28.3 Å². The molecule has 0 bridgehead atoms. The molecule has 5 heteroatoms. The second-order valence-corrected chi connectivity index (χ2v) is 1.40. The van der Waals surface area contributed by atoms with Crippen molar-refractivity contribution in [3.8, 4) is 0 Å². The molecule has 0 spiro atoms. The number of hydrogen-bond acceptors (Lipinski definition) is 3. The van der Waals surface area contributed by atoms with E-state index in [1.165, 1.54) is 0 Å². The summed E-state index contributed by atoms with van der Waals surface area (Å²) in [7, 11) is -0.833. The van der Waals surface area contributed by atoms with Crippen molar-refractivity contribution in [1.82, 2.24) is 0 Å². The highest BCUT2D eigenvalue weighted by Crippen LogP contribution is 1.80. The number of unbranched alkanes of at least 4 members (excludes halogenated alkanes) is 1. The first kappa shape index (κ1) is 11.7. The predicted octanol–water partition coefficient (Wildman–Crippen LogP) is -0.0634. The van der Waals surface area contributed by atoms with E-state index in [2.05, 4.69) is 0 Å². The highest BCUT2D eigenvalue weighted by Gasteiger charge is 1.77. The van der Waals surface area contributed by atoms with Crippen LogP contribution in [0.5, 0.6) is 0 Å². The van der Waals surface area contributed by atoms with Crippen molar-refractivity contribution in [3.05, 3.63) is 0 Å². The average Bonchev–Trinajstić information content (AvgIpc) is 1.86. The summed E-state index contributed by atoms with van der Waals surface area (Å²) in [4.78, 5) is 6.99. The summed E-state index contributed by atoms with van der Waals surface area (Å²) < 4.78 is 8.46. The molecule has 3 N–H and O–H groups in total. The van der Waals surface area contributed by atoms with Gasteiger partial charge in [0.15, 0.2) is 0 Å². The van der Waals surface area contributed by atoms with Gasteiger partial charge in [0, 0.05) is 13.2 Å². The van der Waals surface area contributed by atoms with Crippen LogP contribution >= 0.6 is 8.69 Å². The average molecular weight is 154 g/mol. The molecular formula is C4H11O4P. The SMILES string of the molecule is O=PO.OCCCCO. The fourth-order valence-corrected chi connectivity index (χ4v) is 0.224. The molecule has 0 rings (SSSR count). The maximum atomic E-state index is 8.46. The van der Waals surface area contributed by atoms with Crippen LogP contribution in [0.1, 0.15) is 12.8 Å². The van der Waals surface area contributed by atoms with Gasteiger partial charge in [0.25, 0.3) is 0 Å². The summed E-state index contributed by atoms with van der Waals surface area (Å²) in [6, 6.07) is 0. The van der Waals surface area contributed by atoms with E-state index in [9.17, 15) is 0 Å². The molecule has 0 aromatic rings. The van der Waals surface area contributed by atoms with Crippen LogP contribution in [0.3, 0.4) is 0 Å². The highest BCUT2D eigenvalue weighted by molar-refractivity contribution is 7.16. The number of aliphatic hydroxyl groups is 2. The largest absolute Gasteiger partial charge is 0.396 e.